The second-order valence-corrected chi connectivity index (χ2v) is 8.82. The van der Waals surface area contributed by atoms with E-state index < -0.39 is 40.0 Å². The van der Waals surface area contributed by atoms with Crippen LogP contribution in [0.2, 0.25) is 0 Å². The summed E-state index contributed by atoms with van der Waals surface area (Å²) < 4.78 is 22.6. The molecule has 0 saturated carbocycles. The molecule has 158 valence electrons. The first kappa shape index (κ1) is 21.5. The van der Waals surface area contributed by atoms with Crippen LogP contribution in [0.4, 0.5) is 10.5 Å². The Morgan fingerprint density at radius 3 is 2.33 bits per heavy atom. The van der Waals surface area contributed by atoms with Crippen LogP contribution in [-0.4, -0.2) is 43.2 Å². The minimum Gasteiger partial charge on any atom is -0.325 e. The van der Waals surface area contributed by atoms with Gasteiger partial charge in [0.05, 0.1) is 4.90 Å². The maximum absolute atomic E-state index is 12.8. The summed E-state index contributed by atoms with van der Waals surface area (Å²) in [5.41, 5.74) is 0.260. The lowest BCUT2D eigenvalue weighted by Crippen LogP contribution is -2.45. The molecule has 10 heteroatoms. The van der Waals surface area contributed by atoms with E-state index in [0.717, 1.165) is 10.5 Å². The highest BCUT2D eigenvalue weighted by atomic mass is 32.2. The molecule has 0 aliphatic carbocycles. The summed E-state index contributed by atoms with van der Waals surface area (Å²) >= 11 is 0. The SMILES string of the molecule is C[C@]1(CCc2ccccc2)NC(=O)N(CC(=O)Nc2ccc(S(N)(=O)=O)cc2)C1=O. The minimum absolute atomic E-state index is 0.0937. The van der Waals surface area contributed by atoms with Crippen LogP contribution in [0.25, 0.3) is 0 Å². The molecule has 4 amide bonds. The van der Waals surface area contributed by atoms with Crippen molar-refractivity contribution >= 4 is 33.6 Å². The molecule has 0 unspecified atom stereocenters. The van der Waals surface area contributed by atoms with Crippen molar-refractivity contribution < 1.29 is 22.8 Å². The first-order valence-corrected chi connectivity index (χ1v) is 10.7. The van der Waals surface area contributed by atoms with Crippen LogP contribution in [0.15, 0.2) is 59.5 Å². The van der Waals surface area contributed by atoms with Gasteiger partial charge >= 0.3 is 6.03 Å². The van der Waals surface area contributed by atoms with E-state index in [-0.39, 0.29) is 4.90 Å². The molecule has 4 N–H and O–H groups in total. The highest BCUT2D eigenvalue weighted by molar-refractivity contribution is 7.89. The van der Waals surface area contributed by atoms with E-state index in [2.05, 4.69) is 10.6 Å². The first-order chi connectivity index (χ1) is 14.1. The maximum Gasteiger partial charge on any atom is 0.325 e. The van der Waals surface area contributed by atoms with Gasteiger partial charge in [-0.3, -0.25) is 14.5 Å². The molecule has 30 heavy (non-hydrogen) atoms. The van der Waals surface area contributed by atoms with Crippen molar-refractivity contribution in [1.29, 1.82) is 0 Å². The van der Waals surface area contributed by atoms with Gasteiger partial charge < -0.3 is 10.6 Å². The van der Waals surface area contributed by atoms with Crippen molar-refractivity contribution in [2.75, 3.05) is 11.9 Å². The summed E-state index contributed by atoms with van der Waals surface area (Å²) in [7, 11) is -3.84. The number of rotatable bonds is 7. The lowest BCUT2D eigenvalue weighted by atomic mass is 9.93. The highest BCUT2D eigenvalue weighted by Crippen LogP contribution is 2.23. The number of imide groups is 1. The van der Waals surface area contributed by atoms with Gasteiger partial charge in [-0.25, -0.2) is 18.4 Å². The molecule has 1 aliphatic rings. The highest BCUT2D eigenvalue weighted by Gasteiger charge is 2.47. The molecule has 0 aromatic heterocycles. The molecule has 0 bridgehead atoms. The Morgan fingerprint density at radius 2 is 1.73 bits per heavy atom. The Kier molecular flexibility index (Phi) is 5.90. The fraction of sp³-hybridized carbons (Fsp3) is 0.250. The molecule has 1 atom stereocenters. The number of nitrogens with zero attached hydrogens (tertiary/aromatic N) is 1. The smallest absolute Gasteiger partial charge is 0.325 e. The largest absolute Gasteiger partial charge is 0.325 e. The molecular weight excluding hydrogens is 408 g/mol. The average molecular weight is 430 g/mol. The number of hydrogen-bond acceptors (Lipinski definition) is 5. The first-order valence-electron chi connectivity index (χ1n) is 9.19. The number of nitrogens with two attached hydrogens (primary N) is 1. The van der Waals surface area contributed by atoms with Gasteiger partial charge in [0, 0.05) is 5.69 Å². The van der Waals surface area contributed by atoms with Crippen molar-refractivity contribution in [3.63, 3.8) is 0 Å². The number of nitrogens with one attached hydrogen (secondary N) is 2. The topological polar surface area (TPSA) is 139 Å². The molecule has 9 nitrogen and oxygen atoms in total. The van der Waals surface area contributed by atoms with Crippen molar-refractivity contribution in [3.05, 3.63) is 60.2 Å². The molecule has 2 aromatic carbocycles. The van der Waals surface area contributed by atoms with Gasteiger partial charge in [-0.05, 0) is 49.6 Å². The third-order valence-electron chi connectivity index (χ3n) is 4.87. The average Bonchev–Trinajstić information content (AvgIpc) is 2.90. The van der Waals surface area contributed by atoms with Crippen molar-refractivity contribution in [1.82, 2.24) is 10.2 Å². The van der Waals surface area contributed by atoms with Crippen molar-refractivity contribution in [3.8, 4) is 0 Å². The third-order valence-corrected chi connectivity index (χ3v) is 5.80. The number of urea groups is 1. The zero-order valence-corrected chi connectivity index (χ0v) is 17.1. The van der Waals surface area contributed by atoms with Crippen molar-refractivity contribution in [2.24, 2.45) is 5.14 Å². The molecular formula is C20H22N4O5S. The summed E-state index contributed by atoms with van der Waals surface area (Å²) in [6, 6.07) is 14.2. The fourth-order valence-electron chi connectivity index (χ4n) is 3.17. The van der Waals surface area contributed by atoms with E-state index in [0.29, 0.717) is 18.5 Å². The molecule has 2 aromatic rings. The Morgan fingerprint density at radius 1 is 1.10 bits per heavy atom. The summed E-state index contributed by atoms with van der Waals surface area (Å²) in [4.78, 5) is 38.2. The van der Waals surface area contributed by atoms with Crippen LogP contribution in [0, 0.1) is 0 Å². The maximum atomic E-state index is 12.8. The van der Waals surface area contributed by atoms with E-state index in [9.17, 15) is 22.8 Å². The number of hydrogen-bond donors (Lipinski definition) is 3. The van der Waals surface area contributed by atoms with Gasteiger partial charge in [0.15, 0.2) is 0 Å². The predicted molar refractivity (Wildman–Crippen MR) is 110 cm³/mol. The Labute approximate surface area is 174 Å². The molecule has 3 rings (SSSR count). The zero-order chi connectivity index (χ0) is 21.9. The number of primary sulfonamides is 1. The van der Waals surface area contributed by atoms with Crippen LogP contribution in [0.3, 0.4) is 0 Å². The molecule has 0 spiro atoms. The van der Waals surface area contributed by atoms with Crippen LogP contribution < -0.4 is 15.8 Å². The van der Waals surface area contributed by atoms with Gasteiger partial charge in [0.2, 0.25) is 15.9 Å². The molecule has 1 aliphatic heterocycles. The third kappa shape index (κ3) is 4.84. The van der Waals surface area contributed by atoms with Gasteiger partial charge in [-0.2, -0.15) is 0 Å². The quantitative estimate of drug-likeness (QED) is 0.567. The second kappa shape index (κ2) is 8.25. The number of sulfonamides is 1. The number of benzene rings is 2. The summed E-state index contributed by atoms with van der Waals surface area (Å²) in [6.07, 6.45) is 0.995. The van der Waals surface area contributed by atoms with Gasteiger partial charge in [-0.15, -0.1) is 0 Å². The monoisotopic (exact) mass is 430 g/mol. The van der Waals surface area contributed by atoms with E-state index in [1.54, 1.807) is 6.92 Å². The number of aryl methyl sites for hydroxylation is 1. The van der Waals surface area contributed by atoms with Gasteiger partial charge in [0.25, 0.3) is 5.91 Å². The Balaban J connectivity index is 1.61. The van der Waals surface area contributed by atoms with Crippen LogP contribution in [0.5, 0.6) is 0 Å². The minimum atomic E-state index is -3.84. The summed E-state index contributed by atoms with van der Waals surface area (Å²) in [6.45, 7) is 1.18. The molecule has 0 radical (unpaired) electrons. The van der Waals surface area contributed by atoms with Gasteiger partial charge in [0.1, 0.15) is 12.1 Å². The Bertz CT molecular complexity index is 1070. The summed E-state index contributed by atoms with van der Waals surface area (Å²) in [5.74, 6) is -1.06. The number of carbonyl (C=O) groups is 3. The van der Waals surface area contributed by atoms with Crippen LogP contribution in [-0.2, 0) is 26.0 Å². The van der Waals surface area contributed by atoms with E-state index in [4.69, 9.17) is 5.14 Å². The van der Waals surface area contributed by atoms with Crippen LogP contribution >= 0.6 is 0 Å². The Hall–Kier alpha value is -3.24. The van der Waals surface area contributed by atoms with Gasteiger partial charge in [-0.1, -0.05) is 30.3 Å². The molecule has 1 fully saturated rings. The van der Waals surface area contributed by atoms with Crippen LogP contribution in [0.1, 0.15) is 18.9 Å². The lowest BCUT2D eigenvalue weighted by molar-refractivity contribution is -0.133. The number of anilines is 1. The predicted octanol–water partition coefficient (Wildman–Crippen LogP) is 1.22. The van der Waals surface area contributed by atoms with E-state index in [1.165, 1.54) is 24.3 Å². The number of amides is 4. The zero-order valence-electron chi connectivity index (χ0n) is 16.3. The lowest BCUT2D eigenvalue weighted by Gasteiger charge is -2.21. The van der Waals surface area contributed by atoms with Crippen molar-refractivity contribution in [2.45, 2.75) is 30.2 Å². The van der Waals surface area contributed by atoms with E-state index >= 15 is 0 Å². The van der Waals surface area contributed by atoms with E-state index in [1.807, 2.05) is 30.3 Å². The standard InChI is InChI=1S/C20H22N4O5S/c1-20(12-11-14-5-3-2-4-6-14)18(26)24(19(27)23-20)13-17(25)22-15-7-9-16(10-8-15)30(21,28)29/h2-10H,11-13H2,1H3,(H,22,25)(H,23,27)(H2,21,28,29)/t20-/m1/s1. The molecule has 1 saturated heterocycles. The summed E-state index contributed by atoms with van der Waals surface area (Å²) in [5, 5.41) is 10.2. The second-order valence-electron chi connectivity index (χ2n) is 7.26. The normalized spacial score (nSPS) is 18.9. The molecule has 1 heterocycles. The number of carbonyl (C=O) groups excluding carboxylic acids is 3. The fourth-order valence-corrected chi connectivity index (χ4v) is 3.69.